The number of hydrogen-bond acceptors (Lipinski definition) is 5. The number of rotatable bonds is 14. The van der Waals surface area contributed by atoms with E-state index in [0.29, 0.717) is 5.30 Å². The monoisotopic (exact) mass is 1990 g/mol. The molecule has 25 aromatic carbocycles. The van der Waals surface area contributed by atoms with Crippen LogP contribution in [-0.2, 0) is 13.7 Å². The van der Waals surface area contributed by atoms with Gasteiger partial charge in [0.25, 0.3) is 0 Å². The summed E-state index contributed by atoms with van der Waals surface area (Å²) in [5, 5.41) is 40.0. The maximum Gasteiger partial charge on any atom is 0.180 e. The summed E-state index contributed by atoms with van der Waals surface area (Å²) < 4.78 is 55.0. The van der Waals surface area contributed by atoms with Crippen molar-refractivity contribution >= 4 is 239 Å². The molecule has 150 heavy (non-hydrogen) atoms. The third-order valence-electron chi connectivity index (χ3n) is 31.2. The third-order valence-corrected chi connectivity index (χ3v) is 45.2. The van der Waals surface area contributed by atoms with Crippen LogP contribution in [0.15, 0.2) is 538 Å². The quantitative estimate of drug-likeness (QED) is 0.0615. The number of para-hydroxylation sites is 1. The zero-order chi connectivity index (χ0) is 101. The lowest BCUT2D eigenvalue weighted by atomic mass is 9.92. The number of nitrogens with zero attached hydrogens (tertiary/aromatic N) is 2. The highest BCUT2D eigenvalue weighted by Gasteiger charge is 2.50. The van der Waals surface area contributed by atoms with Gasteiger partial charge in [0.15, 0.2) is 29.5 Å². The van der Waals surface area contributed by atoms with Crippen molar-refractivity contribution in [1.82, 2.24) is 9.55 Å². The van der Waals surface area contributed by atoms with Crippen LogP contribution in [0.25, 0.3) is 180 Å². The molecule has 0 N–H and O–H groups in total. The molecule has 1 aliphatic rings. The predicted molar refractivity (Wildman–Crippen MR) is 642 cm³/mol. The number of aryl methyl sites for hydroxylation is 3. The van der Waals surface area contributed by atoms with E-state index in [9.17, 15) is 4.57 Å². The molecule has 0 saturated heterocycles. The maximum atomic E-state index is 16.2. The fourth-order valence-corrected chi connectivity index (χ4v) is 37.8. The summed E-state index contributed by atoms with van der Waals surface area (Å²) in [6.45, 7) is 6.31. The Labute approximate surface area is 870 Å². The molecule has 0 bridgehead atoms. The molecule has 0 radical (unpaired) electrons. The molecule has 0 aliphatic carbocycles. The number of fused-ring (bicyclic) bond motifs is 27. The fourth-order valence-electron chi connectivity index (χ4n) is 24.3. The van der Waals surface area contributed by atoms with Gasteiger partial charge in [0.1, 0.15) is 11.2 Å². The van der Waals surface area contributed by atoms with Crippen LogP contribution in [0.2, 0.25) is 0 Å². The van der Waals surface area contributed by atoms with Crippen LogP contribution in [0.3, 0.4) is 0 Å². The second kappa shape index (κ2) is 36.9. The summed E-state index contributed by atoms with van der Waals surface area (Å²) in [6, 6.07) is 186. The van der Waals surface area contributed by atoms with E-state index in [4.69, 9.17) is 9.40 Å². The Bertz CT molecular complexity index is 10300. The van der Waals surface area contributed by atoms with Crippen molar-refractivity contribution in [3.05, 3.63) is 551 Å². The first-order chi connectivity index (χ1) is 73.7. The third kappa shape index (κ3) is 14.8. The molecule has 28 aromatic rings. The van der Waals surface area contributed by atoms with Gasteiger partial charge in [-0.25, -0.2) is 0 Å². The molecule has 4 heterocycles. The highest BCUT2D eigenvalue weighted by Crippen LogP contribution is 2.51. The van der Waals surface area contributed by atoms with Gasteiger partial charge in [0, 0.05) is 86.7 Å². The summed E-state index contributed by atoms with van der Waals surface area (Å²) in [7, 11) is -12.4. The van der Waals surface area contributed by atoms with E-state index in [2.05, 4.69) is 408 Å². The van der Waals surface area contributed by atoms with E-state index >= 15 is 9.13 Å². The summed E-state index contributed by atoms with van der Waals surface area (Å²) in [5.74, 6) is 0. The zero-order valence-corrected chi connectivity index (χ0v) is 86.4. The second-order valence-corrected chi connectivity index (χ2v) is 51.7. The van der Waals surface area contributed by atoms with Gasteiger partial charge in [0.05, 0.1) is 16.7 Å². The first-order valence-corrected chi connectivity index (χ1v) is 58.3. The van der Waals surface area contributed by atoms with E-state index in [1.54, 1.807) is 6.20 Å². The molecule has 710 valence electrons. The van der Waals surface area contributed by atoms with Crippen LogP contribution >= 0.6 is 21.4 Å². The molecule has 0 atom stereocenters. The molecule has 6 nitrogen and oxygen atoms in total. The first-order valence-electron chi connectivity index (χ1n) is 51.2. The average Bonchev–Trinajstić information content (AvgIpc) is 1.52. The van der Waals surface area contributed by atoms with Gasteiger partial charge in [-0.3, -0.25) is 4.98 Å². The fraction of sp³-hybridized carbons (Fsp3) is 0.0214. The van der Waals surface area contributed by atoms with Gasteiger partial charge in [-0.15, -0.1) is 0 Å². The maximum absolute atomic E-state index is 16.2. The summed E-state index contributed by atoms with van der Waals surface area (Å²) >= 11 is 0. The zero-order valence-electron chi connectivity index (χ0n) is 82.7. The van der Waals surface area contributed by atoms with E-state index < -0.39 is 29.5 Å². The molecule has 0 amide bonds. The average molecular weight is 1990 g/mol. The van der Waals surface area contributed by atoms with E-state index in [-0.39, 0.29) is 0 Å². The molecule has 0 spiro atoms. The second-order valence-electron chi connectivity index (χ2n) is 39.7. The van der Waals surface area contributed by atoms with Crippen LogP contribution in [0.1, 0.15) is 16.7 Å². The molecular weight excluding hydrogens is 1890 g/mol. The predicted octanol–water partition coefficient (Wildman–Crippen LogP) is 30.4. The lowest BCUT2D eigenvalue weighted by molar-refractivity contribution is 0.591. The van der Waals surface area contributed by atoms with E-state index in [1.165, 1.54) is 145 Å². The van der Waals surface area contributed by atoms with Crippen molar-refractivity contribution < 1.29 is 18.1 Å². The summed E-state index contributed by atoms with van der Waals surface area (Å²) in [6.07, 6.45) is 1.77. The van der Waals surface area contributed by atoms with E-state index in [1.807, 2.05) is 146 Å². The standard InChI is InChI=1S/C50H37OPSi.C49H34NOP.C41H26NO2P/c1-34-15-13-17-36(29-34)52(51,37-18-14-16-35(2)30-37)38-27-28-45-48-32-46-43-25-11-9-23-41(43)42-24-10-12-26-44(42)47(46)33-50(48)53(49(45)31-38,39-19-5-3-6-20-39)40-21-7-4-8-22-40;1-33-29-38(52(51,36-17-7-3-8-18-36)37-19-9-4-10-20-37)26-28-39(33)34-25-27-44-47-31-45-42-23-13-11-21-40(42)41-22-12-14-24-43(41)46(45)32-49(47)50(48(44)30-34)35-15-5-2-6-16-35;43-45(28-11-3-1-4-12-28,29-13-5-2-6-14-29)30-20-22-39(42-26-30)27-19-21-35-38-24-36-33-17-9-7-15-31(33)32-16-8-10-18-34(32)37(36)25-41(38)44-40(35)23-27/h3-33H,1-2H3;2-32H,1H3;1-26H. The Hall–Kier alpha value is -17.5. The molecular formula is C140H97N2O4P3Si. The van der Waals surface area contributed by atoms with Crippen molar-refractivity contribution in [2.75, 3.05) is 0 Å². The smallest absolute Gasteiger partial charge is 0.180 e. The summed E-state index contributed by atoms with van der Waals surface area (Å²) in [5.41, 5.74) is 15.0. The summed E-state index contributed by atoms with van der Waals surface area (Å²) in [4.78, 5) is 4.83. The van der Waals surface area contributed by atoms with Crippen molar-refractivity contribution in [1.29, 1.82) is 0 Å². The van der Waals surface area contributed by atoms with Gasteiger partial charge < -0.3 is 22.7 Å². The van der Waals surface area contributed by atoms with Gasteiger partial charge in [0.2, 0.25) is 0 Å². The normalized spacial score (nSPS) is 12.5. The first kappa shape index (κ1) is 91.2. The SMILES string of the molecule is Cc1cc(P(=O)(c2ccccc2)c2ccccc2)ccc1-c1ccc2c3cc4c5ccccc5c5ccccc5c4cc3n(-c3ccccc3)c2c1.Cc1cccc(P(=O)(c2cccc(C)c2)c2ccc3c(c2)[Si](c2ccccc2)(c2ccccc2)c2cc4c5ccccc5c5ccccc5c4cc2-3)c1.O=P(c1ccccc1)(c1ccccc1)c1ccc(-c2ccc3c(c2)oc2cc4c5ccccc5c5ccccc5c4cc23)nc1. The highest BCUT2D eigenvalue weighted by atomic mass is 31.2. The Morgan fingerprint density at radius 2 is 0.553 bits per heavy atom. The topological polar surface area (TPSA) is 82.2 Å². The van der Waals surface area contributed by atoms with Crippen molar-refractivity contribution in [3.63, 3.8) is 0 Å². The Balaban J connectivity index is 0.000000111. The van der Waals surface area contributed by atoms with Crippen LogP contribution in [0, 0.1) is 20.8 Å². The van der Waals surface area contributed by atoms with Crippen LogP contribution in [0.4, 0.5) is 0 Å². The highest BCUT2D eigenvalue weighted by molar-refractivity contribution is 7.86. The largest absolute Gasteiger partial charge is 0.456 e. The number of aromatic nitrogens is 2. The molecule has 10 heteroatoms. The van der Waals surface area contributed by atoms with Crippen LogP contribution in [0.5, 0.6) is 0 Å². The van der Waals surface area contributed by atoms with Gasteiger partial charge in [-0.1, -0.05) is 442 Å². The molecule has 0 saturated carbocycles. The van der Waals surface area contributed by atoms with Gasteiger partial charge in [-0.05, 0) is 263 Å². The lowest BCUT2D eigenvalue weighted by Gasteiger charge is -2.32. The van der Waals surface area contributed by atoms with Crippen LogP contribution < -0.4 is 68.5 Å². The Kier molecular flexibility index (Phi) is 22.4. The lowest BCUT2D eigenvalue weighted by Crippen LogP contribution is -2.73. The van der Waals surface area contributed by atoms with Crippen molar-refractivity contribution in [3.8, 4) is 39.2 Å². The number of furan rings is 1. The Morgan fingerprint density at radius 3 is 1.01 bits per heavy atom. The molecule has 1 aliphatic heterocycles. The number of hydrogen-bond donors (Lipinski definition) is 0. The van der Waals surface area contributed by atoms with Gasteiger partial charge in [-0.2, -0.15) is 0 Å². The molecule has 0 unspecified atom stereocenters. The Morgan fingerprint density at radius 1 is 0.213 bits per heavy atom. The van der Waals surface area contributed by atoms with Crippen molar-refractivity contribution in [2.24, 2.45) is 0 Å². The number of benzene rings is 25. The van der Waals surface area contributed by atoms with Gasteiger partial charge >= 0.3 is 0 Å². The minimum Gasteiger partial charge on any atom is -0.456 e. The van der Waals surface area contributed by atoms with Crippen molar-refractivity contribution in [2.45, 2.75) is 20.8 Å². The van der Waals surface area contributed by atoms with E-state index in [0.717, 1.165) is 115 Å². The molecule has 0 fully saturated rings. The number of pyridine rings is 1. The minimum atomic E-state index is -3.28. The van der Waals surface area contributed by atoms with Crippen LogP contribution in [-0.4, -0.2) is 17.6 Å². The minimum absolute atomic E-state index is 0.708. The molecule has 3 aromatic heterocycles. The molecule has 29 rings (SSSR count).